The van der Waals surface area contributed by atoms with Gasteiger partial charge in [-0.2, -0.15) is 13.2 Å². The first-order valence-corrected chi connectivity index (χ1v) is 16.3. The van der Waals surface area contributed by atoms with E-state index >= 15 is 0 Å². The number of carbonyl (C=O) groups is 2. The fourth-order valence-corrected chi connectivity index (χ4v) is 5.82. The van der Waals surface area contributed by atoms with Crippen LogP contribution in [0, 0.1) is 5.92 Å². The zero-order valence-corrected chi connectivity index (χ0v) is 27.1. The maximum Gasteiger partial charge on any atom is 0.434 e. The maximum absolute atomic E-state index is 14.6. The van der Waals surface area contributed by atoms with Crippen molar-refractivity contribution in [3.8, 4) is 17.3 Å². The summed E-state index contributed by atoms with van der Waals surface area (Å²) in [5, 5.41) is 2.91. The third-order valence-corrected chi connectivity index (χ3v) is 8.75. The van der Waals surface area contributed by atoms with Crippen LogP contribution in [-0.4, -0.2) is 70.4 Å². The summed E-state index contributed by atoms with van der Waals surface area (Å²) in [4.78, 5) is 35.7. The van der Waals surface area contributed by atoms with Crippen LogP contribution in [0.4, 0.5) is 19.0 Å². The second-order valence-electron chi connectivity index (χ2n) is 11.8. The van der Waals surface area contributed by atoms with Crippen molar-refractivity contribution in [2.75, 3.05) is 31.6 Å². The molecule has 2 amide bonds. The van der Waals surface area contributed by atoms with E-state index in [4.69, 9.17) is 25.8 Å². The zero-order chi connectivity index (χ0) is 33.6. The van der Waals surface area contributed by atoms with Gasteiger partial charge in [-0.1, -0.05) is 30.7 Å². The molecule has 254 valence electrons. The van der Waals surface area contributed by atoms with Crippen LogP contribution >= 0.6 is 11.6 Å². The topological polar surface area (TPSA) is 108 Å². The number of aromatic nitrogens is 3. The summed E-state index contributed by atoms with van der Waals surface area (Å²) < 4.78 is 62.4. The van der Waals surface area contributed by atoms with Gasteiger partial charge in [-0.25, -0.2) is 9.97 Å². The van der Waals surface area contributed by atoms with E-state index in [-0.39, 0.29) is 53.6 Å². The Morgan fingerprint density at radius 1 is 1.15 bits per heavy atom. The molecule has 14 heteroatoms. The fraction of sp³-hybridized carbons (Fsp3) is 0.515. The molecule has 3 heterocycles. The third kappa shape index (κ3) is 8.43. The molecule has 3 atom stereocenters. The first-order valence-electron chi connectivity index (χ1n) is 15.9. The summed E-state index contributed by atoms with van der Waals surface area (Å²) in [6.07, 6.45) is -0.0317. The van der Waals surface area contributed by atoms with Crippen molar-refractivity contribution in [1.29, 1.82) is 0 Å². The number of alkyl halides is 3. The first-order chi connectivity index (χ1) is 22.6. The van der Waals surface area contributed by atoms with Gasteiger partial charge < -0.3 is 29.0 Å². The molecule has 2 aliphatic rings. The number of halogens is 4. The van der Waals surface area contributed by atoms with Gasteiger partial charge in [0.2, 0.25) is 12.3 Å². The van der Waals surface area contributed by atoms with E-state index in [1.807, 2.05) is 6.92 Å². The highest BCUT2D eigenvalue weighted by Crippen LogP contribution is 2.39. The molecule has 0 radical (unpaired) electrons. The van der Waals surface area contributed by atoms with Gasteiger partial charge in [-0.15, -0.1) is 0 Å². The summed E-state index contributed by atoms with van der Waals surface area (Å²) in [5.41, 5.74) is -1.01. The molecule has 0 spiro atoms. The monoisotopic (exact) mass is 677 g/mol. The van der Waals surface area contributed by atoms with E-state index in [9.17, 15) is 22.8 Å². The van der Waals surface area contributed by atoms with Crippen molar-refractivity contribution in [2.45, 2.75) is 77.5 Å². The highest BCUT2D eigenvalue weighted by atomic mass is 35.5. The van der Waals surface area contributed by atoms with Gasteiger partial charge in [0, 0.05) is 42.9 Å². The molecule has 0 bridgehead atoms. The minimum Gasteiger partial charge on any atom is -0.474 e. The largest absolute Gasteiger partial charge is 0.474 e. The lowest BCUT2D eigenvalue weighted by Crippen LogP contribution is -2.35. The van der Waals surface area contributed by atoms with Crippen LogP contribution in [0.3, 0.4) is 0 Å². The molecule has 3 unspecified atom stereocenters. The Kier molecular flexibility index (Phi) is 11.4. The van der Waals surface area contributed by atoms with Crippen LogP contribution in [0.5, 0.6) is 5.88 Å². The Morgan fingerprint density at radius 3 is 2.55 bits per heavy atom. The molecule has 2 fully saturated rings. The van der Waals surface area contributed by atoms with Gasteiger partial charge in [0.25, 0.3) is 5.91 Å². The molecule has 10 nitrogen and oxygen atoms in total. The smallest absolute Gasteiger partial charge is 0.434 e. The Morgan fingerprint density at radius 2 is 1.94 bits per heavy atom. The summed E-state index contributed by atoms with van der Waals surface area (Å²) in [7, 11) is 0. The van der Waals surface area contributed by atoms with Crippen molar-refractivity contribution < 1.29 is 37.0 Å². The standard InChI is InChI=1S/C33H39ClF3N5O5/c1-3-41(16-6-18-46-27-7-4-5-17-45-27)32(44)28-30(38-20-43)40-31(42(28)19-22-9-11-23(34)12-10-22)24-13-15-26(39-29(24)33(35,36)37)47-25-14-8-21(25)2/h9-13,15,20-21,25,27H,3-8,14,16-19H2,1-2H3,(H,38,43). The number of hydrogen-bond donors (Lipinski definition) is 1. The van der Waals surface area contributed by atoms with Crippen molar-refractivity contribution in [2.24, 2.45) is 5.92 Å². The summed E-state index contributed by atoms with van der Waals surface area (Å²) >= 11 is 6.09. The number of ether oxygens (including phenoxy) is 3. The molecule has 47 heavy (non-hydrogen) atoms. The number of imidazole rings is 1. The average Bonchev–Trinajstić information content (AvgIpc) is 3.41. The second-order valence-corrected chi connectivity index (χ2v) is 12.2. The van der Waals surface area contributed by atoms with Gasteiger partial charge in [-0.05, 0) is 75.1 Å². The van der Waals surface area contributed by atoms with Crippen molar-refractivity contribution >= 4 is 29.7 Å². The molecule has 1 aromatic carbocycles. The average molecular weight is 678 g/mol. The van der Waals surface area contributed by atoms with Crippen LogP contribution in [-0.2, 0) is 27.0 Å². The minimum absolute atomic E-state index is 0.0457. The van der Waals surface area contributed by atoms with Crippen molar-refractivity contribution in [3.05, 3.63) is 58.4 Å². The SMILES string of the molecule is CCN(CCCOC1CCCCO1)C(=O)c1c(NC=O)nc(-c2ccc(OC3CCC3C)nc2C(F)(F)F)n1Cc1ccc(Cl)cc1. The van der Waals surface area contributed by atoms with Crippen LogP contribution in [0.1, 0.15) is 74.1 Å². The maximum atomic E-state index is 14.6. The number of anilines is 1. The molecule has 2 aromatic heterocycles. The zero-order valence-electron chi connectivity index (χ0n) is 26.4. The molecule has 3 aromatic rings. The number of nitrogens with one attached hydrogen (secondary N) is 1. The lowest BCUT2D eigenvalue weighted by molar-refractivity contribution is -0.162. The van der Waals surface area contributed by atoms with E-state index in [1.54, 1.807) is 36.1 Å². The minimum atomic E-state index is -4.88. The Hall–Kier alpha value is -3.68. The number of carbonyl (C=O) groups excluding carboxylic acids is 2. The van der Waals surface area contributed by atoms with E-state index in [2.05, 4.69) is 15.3 Å². The van der Waals surface area contributed by atoms with Gasteiger partial charge in [0.1, 0.15) is 11.9 Å². The third-order valence-electron chi connectivity index (χ3n) is 8.50. The number of benzene rings is 1. The van der Waals surface area contributed by atoms with Crippen molar-refractivity contribution in [3.63, 3.8) is 0 Å². The van der Waals surface area contributed by atoms with Gasteiger partial charge in [0.15, 0.2) is 23.5 Å². The predicted octanol–water partition coefficient (Wildman–Crippen LogP) is 6.81. The summed E-state index contributed by atoms with van der Waals surface area (Å²) in [5.74, 6) is -0.808. The van der Waals surface area contributed by atoms with Crippen LogP contribution in [0.15, 0.2) is 36.4 Å². The molecule has 1 aliphatic heterocycles. The molecule has 5 rings (SSSR count). The molecule has 1 saturated heterocycles. The Labute approximate surface area is 276 Å². The molecule has 1 N–H and O–H groups in total. The lowest BCUT2D eigenvalue weighted by Gasteiger charge is -2.33. The van der Waals surface area contributed by atoms with E-state index in [1.165, 1.54) is 16.7 Å². The number of nitrogens with zero attached hydrogens (tertiary/aromatic N) is 4. The van der Waals surface area contributed by atoms with E-state index in [0.717, 1.165) is 32.1 Å². The normalized spacial score (nSPS) is 19.6. The predicted molar refractivity (Wildman–Crippen MR) is 169 cm³/mol. The second kappa shape index (κ2) is 15.5. The number of amides is 2. The van der Waals surface area contributed by atoms with Crippen LogP contribution in [0.25, 0.3) is 11.4 Å². The van der Waals surface area contributed by atoms with Crippen molar-refractivity contribution in [1.82, 2.24) is 19.4 Å². The van der Waals surface area contributed by atoms with Gasteiger partial charge in [-0.3, -0.25) is 9.59 Å². The Balaban J connectivity index is 1.52. The molecule has 1 aliphatic carbocycles. The Bertz CT molecular complexity index is 1530. The highest BCUT2D eigenvalue weighted by Gasteiger charge is 2.39. The van der Waals surface area contributed by atoms with Crippen LogP contribution < -0.4 is 10.1 Å². The molecular formula is C33H39ClF3N5O5. The van der Waals surface area contributed by atoms with E-state index in [0.29, 0.717) is 49.7 Å². The quantitative estimate of drug-likeness (QED) is 0.148. The fourth-order valence-electron chi connectivity index (χ4n) is 5.69. The van der Waals surface area contributed by atoms with Gasteiger partial charge in [0.05, 0.1) is 6.61 Å². The van der Waals surface area contributed by atoms with Gasteiger partial charge >= 0.3 is 6.18 Å². The first kappa shape index (κ1) is 34.6. The lowest BCUT2D eigenvalue weighted by atomic mass is 9.84. The highest BCUT2D eigenvalue weighted by molar-refractivity contribution is 6.30. The summed E-state index contributed by atoms with van der Waals surface area (Å²) in [6.45, 7) is 5.32. The van der Waals surface area contributed by atoms with Crippen LogP contribution in [0.2, 0.25) is 5.02 Å². The molecule has 1 saturated carbocycles. The number of rotatable bonds is 14. The van der Waals surface area contributed by atoms with E-state index < -0.39 is 17.8 Å². The number of hydrogen-bond acceptors (Lipinski definition) is 7. The number of pyridine rings is 1. The summed E-state index contributed by atoms with van der Waals surface area (Å²) in [6, 6.07) is 9.31. The molecular weight excluding hydrogens is 639 g/mol.